The molecule has 3 heteroatoms. The number of phenolic OH excluding ortho intramolecular Hbond substituents is 1. The summed E-state index contributed by atoms with van der Waals surface area (Å²) in [5, 5.41) is 13.0. The maximum Gasteiger partial charge on any atom is 0.160 e. The SMILES string of the molecule is CCCCCNC(C)c1ccc(O)c(OC)c1. The Morgan fingerprint density at radius 1 is 1.35 bits per heavy atom. The van der Waals surface area contributed by atoms with Crippen LogP contribution in [0.3, 0.4) is 0 Å². The van der Waals surface area contributed by atoms with Gasteiger partial charge in [-0.1, -0.05) is 25.8 Å². The summed E-state index contributed by atoms with van der Waals surface area (Å²) in [4.78, 5) is 0. The van der Waals surface area contributed by atoms with Crippen molar-refractivity contribution in [2.45, 2.75) is 39.2 Å². The van der Waals surface area contributed by atoms with Crippen molar-refractivity contribution >= 4 is 0 Å². The number of rotatable bonds is 7. The van der Waals surface area contributed by atoms with Gasteiger partial charge >= 0.3 is 0 Å². The molecule has 0 bridgehead atoms. The Morgan fingerprint density at radius 3 is 2.76 bits per heavy atom. The zero-order valence-corrected chi connectivity index (χ0v) is 11.0. The third-order valence-corrected chi connectivity index (χ3v) is 2.93. The van der Waals surface area contributed by atoms with Crippen LogP contribution >= 0.6 is 0 Å². The summed E-state index contributed by atoms with van der Waals surface area (Å²) in [5.74, 6) is 0.721. The zero-order chi connectivity index (χ0) is 12.7. The number of hydrogen-bond donors (Lipinski definition) is 2. The van der Waals surface area contributed by atoms with Crippen LogP contribution in [0.15, 0.2) is 18.2 Å². The van der Waals surface area contributed by atoms with E-state index in [2.05, 4.69) is 19.2 Å². The van der Waals surface area contributed by atoms with Crippen molar-refractivity contribution in [2.75, 3.05) is 13.7 Å². The van der Waals surface area contributed by atoms with Gasteiger partial charge in [-0.15, -0.1) is 0 Å². The highest BCUT2D eigenvalue weighted by atomic mass is 16.5. The van der Waals surface area contributed by atoms with E-state index in [9.17, 15) is 5.11 Å². The van der Waals surface area contributed by atoms with Gasteiger partial charge in [-0.05, 0) is 37.6 Å². The summed E-state index contributed by atoms with van der Waals surface area (Å²) in [6, 6.07) is 5.77. The Balaban J connectivity index is 2.53. The molecule has 17 heavy (non-hydrogen) atoms. The normalized spacial score (nSPS) is 12.4. The molecule has 2 N–H and O–H groups in total. The van der Waals surface area contributed by atoms with Crippen molar-refractivity contribution in [2.24, 2.45) is 0 Å². The molecule has 0 aromatic heterocycles. The van der Waals surface area contributed by atoms with Crippen molar-refractivity contribution < 1.29 is 9.84 Å². The molecule has 0 saturated heterocycles. The number of benzene rings is 1. The molecule has 96 valence electrons. The first kappa shape index (κ1) is 13.8. The van der Waals surface area contributed by atoms with E-state index in [1.807, 2.05) is 12.1 Å². The lowest BCUT2D eigenvalue weighted by Gasteiger charge is -2.15. The molecule has 1 unspecified atom stereocenters. The Kier molecular flexibility index (Phi) is 5.84. The summed E-state index contributed by atoms with van der Waals surface area (Å²) in [5.41, 5.74) is 1.14. The van der Waals surface area contributed by atoms with Crippen LogP contribution in [-0.4, -0.2) is 18.8 Å². The van der Waals surface area contributed by atoms with Crippen molar-refractivity contribution in [1.29, 1.82) is 0 Å². The van der Waals surface area contributed by atoms with Crippen molar-refractivity contribution in [3.63, 3.8) is 0 Å². The van der Waals surface area contributed by atoms with E-state index in [0.717, 1.165) is 12.1 Å². The molecule has 0 aliphatic heterocycles. The van der Waals surface area contributed by atoms with Crippen LogP contribution in [0.2, 0.25) is 0 Å². The highest BCUT2D eigenvalue weighted by molar-refractivity contribution is 5.42. The van der Waals surface area contributed by atoms with E-state index in [4.69, 9.17) is 4.74 Å². The first-order valence-electron chi connectivity index (χ1n) is 6.29. The molecule has 0 saturated carbocycles. The summed E-state index contributed by atoms with van der Waals surface area (Å²) in [6.07, 6.45) is 3.71. The molecule has 0 aliphatic rings. The van der Waals surface area contributed by atoms with E-state index >= 15 is 0 Å². The number of unbranched alkanes of at least 4 members (excludes halogenated alkanes) is 2. The highest BCUT2D eigenvalue weighted by Crippen LogP contribution is 2.28. The predicted molar refractivity (Wildman–Crippen MR) is 70.6 cm³/mol. The molecule has 0 fully saturated rings. The first-order valence-corrected chi connectivity index (χ1v) is 6.29. The van der Waals surface area contributed by atoms with E-state index < -0.39 is 0 Å². The lowest BCUT2D eigenvalue weighted by Crippen LogP contribution is -2.19. The Hall–Kier alpha value is -1.22. The number of aromatic hydroxyl groups is 1. The minimum Gasteiger partial charge on any atom is -0.504 e. The Bertz CT molecular complexity index is 339. The summed E-state index contributed by atoms with van der Waals surface area (Å²) in [6.45, 7) is 5.35. The highest BCUT2D eigenvalue weighted by Gasteiger charge is 2.08. The van der Waals surface area contributed by atoms with Crippen LogP contribution in [0.5, 0.6) is 11.5 Å². The minimum atomic E-state index is 0.189. The first-order chi connectivity index (χ1) is 8.19. The van der Waals surface area contributed by atoms with Crippen LogP contribution < -0.4 is 10.1 Å². The number of methoxy groups -OCH3 is 1. The van der Waals surface area contributed by atoms with Gasteiger partial charge in [-0.3, -0.25) is 0 Å². The molecule has 1 atom stereocenters. The standard InChI is InChI=1S/C14H23NO2/c1-4-5-6-9-15-11(2)12-7-8-13(16)14(10-12)17-3/h7-8,10-11,15-16H,4-6,9H2,1-3H3. The second-order valence-corrected chi connectivity index (χ2v) is 4.31. The molecule has 3 nitrogen and oxygen atoms in total. The topological polar surface area (TPSA) is 41.5 Å². The molecule has 0 amide bonds. The Labute approximate surface area is 104 Å². The van der Waals surface area contributed by atoms with Gasteiger partial charge in [0.15, 0.2) is 11.5 Å². The van der Waals surface area contributed by atoms with Gasteiger partial charge in [0, 0.05) is 6.04 Å². The maximum absolute atomic E-state index is 9.52. The van der Waals surface area contributed by atoms with Gasteiger partial charge in [0.2, 0.25) is 0 Å². The van der Waals surface area contributed by atoms with Crippen LogP contribution in [0.4, 0.5) is 0 Å². The van der Waals surface area contributed by atoms with Crippen LogP contribution in [0.25, 0.3) is 0 Å². The molecule has 0 aliphatic carbocycles. The third-order valence-electron chi connectivity index (χ3n) is 2.93. The van der Waals surface area contributed by atoms with Gasteiger partial charge < -0.3 is 15.2 Å². The van der Waals surface area contributed by atoms with Crippen LogP contribution in [0.1, 0.15) is 44.7 Å². The Morgan fingerprint density at radius 2 is 2.12 bits per heavy atom. The van der Waals surface area contributed by atoms with Gasteiger partial charge in [0.05, 0.1) is 7.11 Å². The van der Waals surface area contributed by atoms with Gasteiger partial charge in [0.25, 0.3) is 0 Å². The smallest absolute Gasteiger partial charge is 0.160 e. The molecule has 0 radical (unpaired) electrons. The summed E-state index contributed by atoms with van der Waals surface area (Å²) >= 11 is 0. The number of nitrogens with one attached hydrogen (secondary N) is 1. The molecule has 0 spiro atoms. The molecule has 1 rings (SSSR count). The number of phenols is 1. The second-order valence-electron chi connectivity index (χ2n) is 4.31. The average Bonchev–Trinajstić information content (AvgIpc) is 2.35. The van der Waals surface area contributed by atoms with E-state index in [0.29, 0.717) is 5.75 Å². The van der Waals surface area contributed by atoms with Gasteiger partial charge in [-0.2, -0.15) is 0 Å². The summed E-state index contributed by atoms with van der Waals surface area (Å²) in [7, 11) is 1.57. The molecule has 1 aromatic carbocycles. The zero-order valence-electron chi connectivity index (χ0n) is 11.0. The molecular weight excluding hydrogens is 214 g/mol. The van der Waals surface area contributed by atoms with E-state index in [1.54, 1.807) is 13.2 Å². The lowest BCUT2D eigenvalue weighted by atomic mass is 10.1. The van der Waals surface area contributed by atoms with Crippen molar-refractivity contribution in [1.82, 2.24) is 5.32 Å². The van der Waals surface area contributed by atoms with Gasteiger partial charge in [0.1, 0.15) is 0 Å². The fourth-order valence-corrected chi connectivity index (χ4v) is 1.77. The van der Waals surface area contributed by atoms with E-state index in [-0.39, 0.29) is 11.8 Å². The van der Waals surface area contributed by atoms with Crippen LogP contribution in [-0.2, 0) is 0 Å². The fraction of sp³-hybridized carbons (Fsp3) is 0.571. The molecular formula is C14H23NO2. The molecule has 0 heterocycles. The second kappa shape index (κ2) is 7.17. The van der Waals surface area contributed by atoms with Gasteiger partial charge in [-0.25, -0.2) is 0 Å². The largest absolute Gasteiger partial charge is 0.504 e. The minimum absolute atomic E-state index is 0.189. The van der Waals surface area contributed by atoms with Crippen molar-refractivity contribution in [3.05, 3.63) is 23.8 Å². The quantitative estimate of drug-likeness (QED) is 0.715. The summed E-state index contributed by atoms with van der Waals surface area (Å²) < 4.78 is 5.10. The average molecular weight is 237 g/mol. The van der Waals surface area contributed by atoms with E-state index in [1.165, 1.54) is 19.3 Å². The number of hydrogen-bond acceptors (Lipinski definition) is 3. The predicted octanol–water partition coefficient (Wildman–Crippen LogP) is 3.24. The number of ether oxygens (including phenoxy) is 1. The lowest BCUT2D eigenvalue weighted by molar-refractivity contribution is 0.372. The van der Waals surface area contributed by atoms with Crippen molar-refractivity contribution in [3.8, 4) is 11.5 Å². The maximum atomic E-state index is 9.52. The monoisotopic (exact) mass is 237 g/mol. The van der Waals surface area contributed by atoms with Crippen LogP contribution in [0, 0.1) is 0 Å². The third kappa shape index (κ3) is 4.27. The molecule has 1 aromatic rings. The fourth-order valence-electron chi connectivity index (χ4n) is 1.77.